The fraction of sp³-hybridized carbons (Fsp3) is 0.600. The number of esters is 2. The fourth-order valence-corrected chi connectivity index (χ4v) is 2.81. The van der Waals surface area contributed by atoms with Gasteiger partial charge in [0.1, 0.15) is 11.6 Å². The van der Waals surface area contributed by atoms with Crippen LogP contribution in [0.5, 0.6) is 5.75 Å². The third-order valence-electron chi connectivity index (χ3n) is 3.89. The van der Waals surface area contributed by atoms with Gasteiger partial charge < -0.3 is 9.47 Å². The highest BCUT2D eigenvalue weighted by Crippen LogP contribution is 2.26. The molecule has 4 nitrogen and oxygen atoms in total. The minimum atomic E-state index is -0.383. The number of benzene rings is 1. The van der Waals surface area contributed by atoms with Crippen molar-refractivity contribution in [3.63, 3.8) is 0 Å². The molecule has 0 spiro atoms. The van der Waals surface area contributed by atoms with Crippen LogP contribution in [0.15, 0.2) is 22.7 Å². The number of unbranched alkanes of at least 4 members (excludes halogenated alkanes) is 6. The number of ether oxygens (including phenoxy) is 2. The van der Waals surface area contributed by atoms with Gasteiger partial charge in [0.25, 0.3) is 0 Å². The smallest absolute Gasteiger partial charge is 0.311 e. The monoisotopic (exact) mass is 430 g/mol. The average Bonchev–Trinajstić information content (AvgIpc) is 2.60. The lowest BCUT2D eigenvalue weighted by atomic mass is 10.1. The lowest BCUT2D eigenvalue weighted by molar-refractivity contribution is -0.144. The van der Waals surface area contributed by atoms with Crippen molar-refractivity contribution in [3.8, 4) is 5.75 Å². The second kappa shape index (κ2) is 13.7. The van der Waals surface area contributed by atoms with E-state index in [1.165, 1.54) is 18.2 Å². The van der Waals surface area contributed by atoms with Crippen molar-refractivity contribution < 1.29 is 23.5 Å². The zero-order chi connectivity index (χ0) is 19.2. The molecule has 0 saturated carbocycles. The maximum atomic E-state index is 13.0. The van der Waals surface area contributed by atoms with E-state index < -0.39 is 0 Å². The summed E-state index contributed by atoms with van der Waals surface area (Å²) in [6, 6.07) is 3.96. The number of carbonyl (C=O) groups excluding carboxylic acids is 2. The molecule has 0 saturated heterocycles. The molecule has 26 heavy (non-hydrogen) atoms. The Hall–Kier alpha value is -1.43. The van der Waals surface area contributed by atoms with Gasteiger partial charge in [-0.15, -0.1) is 0 Å². The third kappa shape index (κ3) is 10.5. The van der Waals surface area contributed by atoms with Crippen molar-refractivity contribution in [2.24, 2.45) is 0 Å². The minimum absolute atomic E-state index is 0.104. The van der Waals surface area contributed by atoms with Crippen molar-refractivity contribution in [2.75, 3.05) is 6.61 Å². The summed E-state index contributed by atoms with van der Waals surface area (Å²) in [5, 5.41) is 0. The number of hydrogen-bond acceptors (Lipinski definition) is 4. The highest BCUT2D eigenvalue weighted by atomic mass is 79.9. The predicted octanol–water partition coefficient (Wildman–Crippen LogP) is 5.96. The van der Waals surface area contributed by atoms with Crippen molar-refractivity contribution in [1.29, 1.82) is 0 Å². The van der Waals surface area contributed by atoms with Crippen LogP contribution >= 0.6 is 15.9 Å². The second-order valence-electron chi connectivity index (χ2n) is 6.24. The molecule has 0 aliphatic carbocycles. The van der Waals surface area contributed by atoms with E-state index in [1.54, 1.807) is 0 Å². The number of rotatable bonds is 13. The predicted molar refractivity (Wildman–Crippen MR) is 103 cm³/mol. The van der Waals surface area contributed by atoms with Crippen molar-refractivity contribution in [2.45, 2.75) is 71.1 Å². The Morgan fingerprint density at radius 2 is 1.58 bits per heavy atom. The van der Waals surface area contributed by atoms with E-state index in [-0.39, 0.29) is 17.8 Å². The van der Waals surface area contributed by atoms with Crippen molar-refractivity contribution in [3.05, 3.63) is 28.5 Å². The molecule has 146 valence electrons. The normalized spacial score (nSPS) is 10.6. The Balaban J connectivity index is 2.00. The zero-order valence-corrected chi connectivity index (χ0v) is 17.0. The Labute approximate surface area is 163 Å². The van der Waals surface area contributed by atoms with Gasteiger partial charge in [0.05, 0.1) is 11.1 Å². The fourth-order valence-electron chi connectivity index (χ4n) is 2.38. The summed E-state index contributed by atoms with van der Waals surface area (Å²) in [5.41, 5.74) is 0. The molecule has 0 N–H and O–H groups in total. The van der Waals surface area contributed by atoms with Crippen LogP contribution in [0.1, 0.15) is 71.1 Å². The van der Waals surface area contributed by atoms with E-state index in [9.17, 15) is 14.0 Å². The summed E-state index contributed by atoms with van der Waals surface area (Å²) in [5.74, 6) is -0.464. The third-order valence-corrected chi connectivity index (χ3v) is 4.51. The van der Waals surface area contributed by atoms with Crippen LogP contribution in [0.25, 0.3) is 0 Å². The number of hydrogen-bond donors (Lipinski definition) is 0. The Morgan fingerprint density at radius 3 is 2.19 bits per heavy atom. The molecule has 0 bridgehead atoms. The molecule has 6 heteroatoms. The number of halogens is 2. The van der Waals surface area contributed by atoms with Gasteiger partial charge in [0, 0.05) is 12.8 Å². The molecule has 1 rings (SSSR count). The molecule has 0 aliphatic heterocycles. The quantitative estimate of drug-likeness (QED) is 0.220. The average molecular weight is 431 g/mol. The Morgan fingerprint density at radius 1 is 0.962 bits per heavy atom. The van der Waals surface area contributed by atoms with Crippen LogP contribution in [0.2, 0.25) is 0 Å². The molecule has 0 amide bonds. The molecule has 0 fully saturated rings. The van der Waals surface area contributed by atoms with Gasteiger partial charge in [-0.25, -0.2) is 4.39 Å². The molecule has 0 unspecified atom stereocenters. The molecule has 0 aromatic heterocycles. The minimum Gasteiger partial charge on any atom is -0.466 e. The lowest BCUT2D eigenvalue weighted by Gasteiger charge is -2.06. The molecule has 0 heterocycles. The first-order chi connectivity index (χ1) is 12.5. The van der Waals surface area contributed by atoms with Crippen LogP contribution in [0.4, 0.5) is 4.39 Å². The van der Waals surface area contributed by atoms with Crippen LogP contribution in [0, 0.1) is 5.82 Å². The van der Waals surface area contributed by atoms with Crippen molar-refractivity contribution >= 4 is 27.9 Å². The molecular weight excluding hydrogens is 403 g/mol. The van der Waals surface area contributed by atoms with E-state index >= 15 is 0 Å². The van der Waals surface area contributed by atoms with E-state index in [0.717, 1.165) is 51.4 Å². The standard InChI is InChI=1S/C20H28BrFO4/c1-2-3-14-25-19(23)10-8-6-4-5-7-9-11-20(24)26-18-13-12-16(22)15-17(18)21/h12-13,15H,2-11,14H2,1H3. The summed E-state index contributed by atoms with van der Waals surface area (Å²) in [7, 11) is 0. The SMILES string of the molecule is CCCCOC(=O)CCCCCCCCC(=O)Oc1ccc(F)cc1Br. The van der Waals surface area contributed by atoms with Gasteiger partial charge in [-0.1, -0.05) is 39.0 Å². The number of carbonyl (C=O) groups is 2. The summed E-state index contributed by atoms with van der Waals surface area (Å²) >= 11 is 3.17. The zero-order valence-electron chi connectivity index (χ0n) is 15.4. The highest BCUT2D eigenvalue weighted by Gasteiger charge is 2.09. The first-order valence-corrected chi connectivity index (χ1v) is 10.1. The van der Waals surface area contributed by atoms with Crippen molar-refractivity contribution in [1.82, 2.24) is 0 Å². The summed E-state index contributed by atoms with van der Waals surface area (Å²) < 4.78 is 23.7. The topological polar surface area (TPSA) is 52.6 Å². The molecule has 1 aromatic carbocycles. The van der Waals surface area contributed by atoms with E-state index in [0.29, 0.717) is 29.7 Å². The maximum absolute atomic E-state index is 13.0. The van der Waals surface area contributed by atoms with Gasteiger partial charge in [0.15, 0.2) is 0 Å². The van der Waals surface area contributed by atoms with E-state index in [4.69, 9.17) is 9.47 Å². The highest BCUT2D eigenvalue weighted by molar-refractivity contribution is 9.10. The van der Waals surface area contributed by atoms with Crippen LogP contribution in [0.3, 0.4) is 0 Å². The van der Waals surface area contributed by atoms with E-state index in [2.05, 4.69) is 22.9 Å². The van der Waals surface area contributed by atoms with Gasteiger partial charge >= 0.3 is 11.9 Å². The van der Waals surface area contributed by atoms with Gasteiger partial charge in [-0.05, 0) is 53.4 Å². The summed E-state index contributed by atoms with van der Waals surface area (Å²) in [6.45, 7) is 2.59. The molecule has 0 atom stereocenters. The van der Waals surface area contributed by atoms with E-state index in [1.807, 2.05) is 0 Å². The van der Waals surface area contributed by atoms with Gasteiger partial charge in [0.2, 0.25) is 0 Å². The largest absolute Gasteiger partial charge is 0.466 e. The molecule has 0 aliphatic rings. The summed E-state index contributed by atoms with van der Waals surface area (Å²) in [4.78, 5) is 23.2. The van der Waals surface area contributed by atoms with Gasteiger partial charge in [-0.3, -0.25) is 9.59 Å². The molecule has 1 aromatic rings. The summed E-state index contributed by atoms with van der Waals surface area (Å²) in [6.07, 6.45) is 8.41. The Bertz CT molecular complexity index is 563. The lowest BCUT2D eigenvalue weighted by Crippen LogP contribution is -2.08. The maximum Gasteiger partial charge on any atom is 0.311 e. The second-order valence-corrected chi connectivity index (χ2v) is 7.10. The molecule has 0 radical (unpaired) electrons. The molecular formula is C20H28BrFO4. The first kappa shape index (κ1) is 22.6. The van der Waals surface area contributed by atoms with Crippen LogP contribution in [-0.2, 0) is 14.3 Å². The van der Waals surface area contributed by atoms with Gasteiger partial charge in [-0.2, -0.15) is 0 Å². The first-order valence-electron chi connectivity index (χ1n) is 9.34. The Kier molecular flexibility index (Phi) is 11.9. The van der Waals surface area contributed by atoms with Crippen LogP contribution < -0.4 is 4.74 Å². The van der Waals surface area contributed by atoms with Crippen LogP contribution in [-0.4, -0.2) is 18.5 Å².